The van der Waals surface area contributed by atoms with Crippen molar-refractivity contribution in [2.75, 3.05) is 30.8 Å². The second kappa shape index (κ2) is 13.5. The number of hydrogen-bond donors (Lipinski definition) is 1. The zero-order valence-corrected chi connectivity index (χ0v) is 23.1. The third-order valence-electron chi connectivity index (χ3n) is 5.61. The number of amides is 2. The quantitative estimate of drug-likeness (QED) is 0.415. The third-order valence-corrected chi connectivity index (χ3v) is 7.05. The van der Waals surface area contributed by atoms with Gasteiger partial charge in [-0.25, -0.2) is 8.42 Å². The molecule has 2 aromatic carbocycles. The Morgan fingerprint density at radius 3 is 2.33 bits per heavy atom. The van der Waals surface area contributed by atoms with E-state index in [2.05, 4.69) is 5.32 Å². The predicted octanol–water partition coefficient (Wildman–Crippen LogP) is 4.08. The second-order valence-corrected chi connectivity index (χ2v) is 11.4. The van der Waals surface area contributed by atoms with Crippen LogP contribution >= 0.6 is 11.6 Å². The number of carbonyl (C=O) groups excluding carboxylic acids is 2. The van der Waals surface area contributed by atoms with Gasteiger partial charge >= 0.3 is 0 Å². The number of benzene rings is 2. The normalized spacial score (nSPS) is 12.2. The number of sulfonamides is 1. The average molecular weight is 538 g/mol. The molecule has 0 aromatic heterocycles. The molecule has 0 aliphatic rings. The van der Waals surface area contributed by atoms with Crippen LogP contribution in [0.3, 0.4) is 0 Å². The van der Waals surface area contributed by atoms with Gasteiger partial charge in [0.2, 0.25) is 21.8 Å². The van der Waals surface area contributed by atoms with Crippen LogP contribution in [-0.2, 0) is 26.2 Å². The molecule has 198 valence electrons. The molecule has 0 saturated carbocycles. The molecule has 36 heavy (non-hydrogen) atoms. The summed E-state index contributed by atoms with van der Waals surface area (Å²) in [7, 11) is -2.00. The summed E-state index contributed by atoms with van der Waals surface area (Å²) in [6.45, 7) is 6.54. The Labute approximate surface area is 219 Å². The number of carbonyl (C=O) groups is 2. The van der Waals surface area contributed by atoms with Crippen LogP contribution in [0, 0.1) is 5.92 Å². The van der Waals surface area contributed by atoms with Crippen molar-refractivity contribution in [2.45, 2.75) is 46.2 Å². The van der Waals surface area contributed by atoms with Gasteiger partial charge in [0.25, 0.3) is 0 Å². The largest absolute Gasteiger partial charge is 0.497 e. The van der Waals surface area contributed by atoms with Gasteiger partial charge in [-0.15, -0.1) is 0 Å². The van der Waals surface area contributed by atoms with Crippen LogP contribution in [0.1, 0.15) is 39.2 Å². The topological polar surface area (TPSA) is 96.0 Å². The molecule has 0 aliphatic heterocycles. The van der Waals surface area contributed by atoms with Gasteiger partial charge in [0.05, 0.1) is 19.1 Å². The van der Waals surface area contributed by atoms with E-state index in [9.17, 15) is 18.0 Å². The zero-order valence-electron chi connectivity index (χ0n) is 21.5. The molecule has 2 rings (SSSR count). The van der Waals surface area contributed by atoms with E-state index in [0.29, 0.717) is 23.0 Å². The molecule has 10 heteroatoms. The lowest BCUT2D eigenvalue weighted by Gasteiger charge is -2.29. The summed E-state index contributed by atoms with van der Waals surface area (Å²) in [5.41, 5.74) is 1.30. The number of halogens is 1. The first-order valence-corrected chi connectivity index (χ1v) is 14.1. The lowest BCUT2D eigenvalue weighted by molar-refractivity contribution is -0.140. The highest BCUT2D eigenvalue weighted by atomic mass is 35.5. The van der Waals surface area contributed by atoms with E-state index < -0.39 is 16.1 Å². The molecular formula is C26H36ClN3O5S. The predicted molar refractivity (Wildman–Crippen MR) is 144 cm³/mol. The highest BCUT2D eigenvalue weighted by molar-refractivity contribution is 7.92. The summed E-state index contributed by atoms with van der Waals surface area (Å²) in [4.78, 5) is 27.7. The first-order valence-electron chi connectivity index (χ1n) is 11.9. The van der Waals surface area contributed by atoms with Crippen molar-refractivity contribution in [3.8, 4) is 5.75 Å². The lowest BCUT2D eigenvalue weighted by Crippen LogP contribution is -2.48. The molecule has 1 atom stereocenters. The molecule has 8 nitrogen and oxygen atoms in total. The van der Waals surface area contributed by atoms with Gasteiger partial charge in [0.1, 0.15) is 11.8 Å². The molecule has 0 radical (unpaired) electrons. The van der Waals surface area contributed by atoms with Crippen LogP contribution < -0.4 is 14.4 Å². The van der Waals surface area contributed by atoms with E-state index in [1.165, 1.54) is 9.21 Å². The van der Waals surface area contributed by atoms with E-state index >= 15 is 0 Å². The molecule has 0 unspecified atom stereocenters. The van der Waals surface area contributed by atoms with Crippen molar-refractivity contribution >= 4 is 39.1 Å². The van der Waals surface area contributed by atoms with Crippen LogP contribution in [0.15, 0.2) is 48.5 Å². The van der Waals surface area contributed by atoms with Crippen LogP contribution in [0.2, 0.25) is 5.02 Å². The molecule has 1 N–H and O–H groups in total. The molecule has 0 fully saturated rings. The van der Waals surface area contributed by atoms with Crippen molar-refractivity contribution in [1.29, 1.82) is 0 Å². The molecular weight excluding hydrogens is 502 g/mol. The Morgan fingerprint density at radius 2 is 1.75 bits per heavy atom. The maximum atomic E-state index is 13.3. The van der Waals surface area contributed by atoms with Gasteiger partial charge in [-0.05, 0) is 61.2 Å². The van der Waals surface area contributed by atoms with Crippen molar-refractivity contribution in [2.24, 2.45) is 5.92 Å². The van der Waals surface area contributed by atoms with Gasteiger partial charge < -0.3 is 15.0 Å². The van der Waals surface area contributed by atoms with Crippen molar-refractivity contribution < 1.29 is 22.7 Å². The fourth-order valence-electron chi connectivity index (χ4n) is 3.61. The molecule has 0 bridgehead atoms. The van der Waals surface area contributed by atoms with Gasteiger partial charge in [-0.1, -0.05) is 37.6 Å². The van der Waals surface area contributed by atoms with E-state index in [-0.39, 0.29) is 43.7 Å². The van der Waals surface area contributed by atoms with E-state index in [1.54, 1.807) is 38.3 Å². The van der Waals surface area contributed by atoms with Crippen LogP contribution in [0.5, 0.6) is 5.75 Å². The fraction of sp³-hybridized carbons (Fsp3) is 0.462. The van der Waals surface area contributed by atoms with Crippen LogP contribution in [-0.4, -0.2) is 57.6 Å². The molecule has 0 spiro atoms. The fourth-order valence-corrected chi connectivity index (χ4v) is 4.71. The Morgan fingerprint density at radius 1 is 1.08 bits per heavy atom. The summed E-state index contributed by atoms with van der Waals surface area (Å²) < 4.78 is 31.3. The minimum atomic E-state index is -3.56. The Bertz CT molecular complexity index is 1120. The number of hydrogen-bond acceptors (Lipinski definition) is 5. The summed E-state index contributed by atoms with van der Waals surface area (Å²) in [6, 6.07) is 13.1. The summed E-state index contributed by atoms with van der Waals surface area (Å²) in [5.74, 6) is 0.454. The Balaban J connectivity index is 2.17. The highest BCUT2D eigenvalue weighted by Crippen LogP contribution is 2.22. The minimum absolute atomic E-state index is 0.0748. The monoisotopic (exact) mass is 537 g/mol. The smallest absolute Gasteiger partial charge is 0.242 e. The number of nitrogens with zero attached hydrogens (tertiary/aromatic N) is 2. The Kier molecular flexibility index (Phi) is 11.0. The van der Waals surface area contributed by atoms with Crippen molar-refractivity contribution in [1.82, 2.24) is 10.2 Å². The van der Waals surface area contributed by atoms with Crippen molar-refractivity contribution in [3.05, 3.63) is 59.1 Å². The van der Waals surface area contributed by atoms with Gasteiger partial charge in [-0.2, -0.15) is 0 Å². The van der Waals surface area contributed by atoms with Crippen molar-refractivity contribution in [3.63, 3.8) is 0 Å². The number of anilines is 1. The summed E-state index contributed by atoms with van der Waals surface area (Å²) in [5, 5.41) is 3.39. The molecule has 0 heterocycles. The zero-order chi connectivity index (χ0) is 26.9. The number of nitrogens with one attached hydrogen (secondary N) is 1. The summed E-state index contributed by atoms with van der Waals surface area (Å²) in [6.07, 6.45) is 1.48. The minimum Gasteiger partial charge on any atom is -0.497 e. The van der Waals surface area contributed by atoms with Crippen LogP contribution in [0.25, 0.3) is 0 Å². The van der Waals surface area contributed by atoms with E-state index in [4.69, 9.17) is 16.3 Å². The molecule has 0 saturated heterocycles. The number of rotatable bonds is 13. The molecule has 2 amide bonds. The van der Waals surface area contributed by atoms with Crippen LogP contribution in [0.4, 0.5) is 5.69 Å². The molecule has 2 aromatic rings. The number of ether oxygens (including phenoxy) is 1. The average Bonchev–Trinajstić information content (AvgIpc) is 2.83. The van der Waals surface area contributed by atoms with Gasteiger partial charge in [0, 0.05) is 31.1 Å². The second-order valence-electron chi connectivity index (χ2n) is 9.10. The first-order chi connectivity index (χ1) is 16.9. The summed E-state index contributed by atoms with van der Waals surface area (Å²) >= 11 is 5.93. The van der Waals surface area contributed by atoms with E-state index in [1.807, 2.05) is 38.1 Å². The Hall–Kier alpha value is -2.78. The van der Waals surface area contributed by atoms with Gasteiger partial charge in [0.15, 0.2) is 0 Å². The lowest BCUT2D eigenvalue weighted by atomic mass is 10.1. The SMILES string of the molecule is COc1cccc(CN(C(=O)CCCN(c2ccc(Cl)cc2)S(C)(=O)=O)[C@@H](C)C(=O)NCC(C)C)c1. The standard InChI is InChI=1S/C26H36ClN3O5S/c1-19(2)17-28-26(32)20(3)29(18-21-8-6-9-24(16-21)35-4)25(31)10-7-15-30(36(5,33)34)23-13-11-22(27)12-14-23/h6,8-9,11-14,16,19-20H,7,10,15,17-18H2,1-5H3,(H,28,32)/t20-/m0/s1. The van der Waals surface area contributed by atoms with E-state index in [0.717, 1.165) is 11.8 Å². The first kappa shape index (κ1) is 29.5. The highest BCUT2D eigenvalue weighted by Gasteiger charge is 2.27. The molecule has 0 aliphatic carbocycles. The van der Waals surface area contributed by atoms with Gasteiger partial charge in [-0.3, -0.25) is 13.9 Å². The maximum absolute atomic E-state index is 13.3. The maximum Gasteiger partial charge on any atom is 0.242 e. The number of methoxy groups -OCH3 is 1. The third kappa shape index (κ3) is 9.02.